The Labute approximate surface area is 123 Å². The number of ether oxygens (including phenoxy) is 1. The summed E-state index contributed by atoms with van der Waals surface area (Å²) in [6.07, 6.45) is 2.07. The molecule has 0 saturated carbocycles. The van der Waals surface area contributed by atoms with Crippen LogP contribution in [-0.4, -0.2) is 60.2 Å². The zero-order valence-electron chi connectivity index (χ0n) is 12.2. The second kappa shape index (κ2) is 6.69. The standard InChI is InChI=1S/C14H20N2O5/c1-21-14(20)10-3-2-7-15(9-10)11(17)6-8-16-12(18)4-5-13(16)19/h10H,2-9H2,1H3. The molecule has 7 nitrogen and oxygen atoms in total. The number of carbonyl (C=O) groups excluding carboxylic acids is 4. The van der Waals surface area contributed by atoms with Gasteiger partial charge in [-0.15, -0.1) is 0 Å². The maximum absolute atomic E-state index is 12.1. The first-order valence-corrected chi connectivity index (χ1v) is 7.21. The van der Waals surface area contributed by atoms with Gasteiger partial charge in [-0.3, -0.25) is 24.1 Å². The zero-order chi connectivity index (χ0) is 15.4. The van der Waals surface area contributed by atoms with Crippen molar-refractivity contribution >= 4 is 23.7 Å². The summed E-state index contributed by atoms with van der Waals surface area (Å²) in [5.41, 5.74) is 0. The smallest absolute Gasteiger partial charge is 0.310 e. The summed E-state index contributed by atoms with van der Waals surface area (Å²) in [5, 5.41) is 0. The third-order valence-corrected chi connectivity index (χ3v) is 4.01. The average Bonchev–Trinajstić information content (AvgIpc) is 2.83. The molecule has 0 radical (unpaired) electrons. The first-order chi connectivity index (χ1) is 10.0. The van der Waals surface area contributed by atoms with Crippen molar-refractivity contribution in [2.24, 2.45) is 5.92 Å². The average molecular weight is 296 g/mol. The molecule has 2 aliphatic heterocycles. The molecule has 116 valence electrons. The van der Waals surface area contributed by atoms with Crippen LogP contribution >= 0.6 is 0 Å². The lowest BCUT2D eigenvalue weighted by Gasteiger charge is -2.31. The Morgan fingerprint density at radius 3 is 2.52 bits per heavy atom. The summed E-state index contributed by atoms with van der Waals surface area (Å²) in [7, 11) is 1.34. The molecule has 0 aromatic rings. The van der Waals surface area contributed by atoms with Gasteiger partial charge in [0.05, 0.1) is 13.0 Å². The van der Waals surface area contributed by atoms with E-state index >= 15 is 0 Å². The molecule has 2 fully saturated rings. The van der Waals surface area contributed by atoms with Gasteiger partial charge in [-0.25, -0.2) is 0 Å². The summed E-state index contributed by atoms with van der Waals surface area (Å²) in [5.74, 6) is -1.12. The molecule has 0 aliphatic carbocycles. The first-order valence-electron chi connectivity index (χ1n) is 7.21. The van der Waals surface area contributed by atoms with Gasteiger partial charge in [0.2, 0.25) is 17.7 Å². The number of nitrogens with zero attached hydrogens (tertiary/aromatic N) is 2. The molecule has 0 bridgehead atoms. The number of amides is 3. The van der Waals surface area contributed by atoms with E-state index in [2.05, 4.69) is 0 Å². The van der Waals surface area contributed by atoms with Crippen LogP contribution in [0.1, 0.15) is 32.1 Å². The summed E-state index contributed by atoms with van der Waals surface area (Å²) in [4.78, 5) is 49.4. The molecule has 1 unspecified atom stereocenters. The maximum Gasteiger partial charge on any atom is 0.310 e. The minimum Gasteiger partial charge on any atom is -0.469 e. The van der Waals surface area contributed by atoms with E-state index in [0.29, 0.717) is 13.1 Å². The van der Waals surface area contributed by atoms with Gasteiger partial charge < -0.3 is 9.64 Å². The van der Waals surface area contributed by atoms with Gasteiger partial charge in [0.25, 0.3) is 0 Å². The summed E-state index contributed by atoms with van der Waals surface area (Å²) < 4.78 is 4.71. The largest absolute Gasteiger partial charge is 0.469 e. The van der Waals surface area contributed by atoms with Crippen LogP contribution in [0.25, 0.3) is 0 Å². The normalized spacial score (nSPS) is 22.6. The van der Waals surface area contributed by atoms with Crippen LogP contribution in [0.4, 0.5) is 0 Å². The number of imide groups is 1. The highest BCUT2D eigenvalue weighted by molar-refractivity contribution is 6.02. The molecule has 7 heteroatoms. The predicted molar refractivity (Wildman–Crippen MR) is 71.9 cm³/mol. The quantitative estimate of drug-likeness (QED) is 0.536. The molecular formula is C14H20N2O5. The van der Waals surface area contributed by atoms with Gasteiger partial charge >= 0.3 is 5.97 Å². The van der Waals surface area contributed by atoms with E-state index in [4.69, 9.17) is 4.74 Å². The molecule has 21 heavy (non-hydrogen) atoms. The highest BCUT2D eigenvalue weighted by Gasteiger charge is 2.31. The van der Waals surface area contributed by atoms with Crippen molar-refractivity contribution < 1.29 is 23.9 Å². The number of hydrogen-bond acceptors (Lipinski definition) is 5. The molecule has 0 aromatic carbocycles. The Kier molecular flexibility index (Phi) is 4.93. The molecule has 1 atom stereocenters. The number of carbonyl (C=O) groups is 4. The third-order valence-electron chi connectivity index (χ3n) is 4.01. The lowest BCUT2D eigenvalue weighted by molar-refractivity contribution is -0.149. The molecule has 2 aliphatic rings. The lowest BCUT2D eigenvalue weighted by atomic mass is 9.98. The van der Waals surface area contributed by atoms with Gasteiger partial charge in [0, 0.05) is 38.9 Å². The second-order valence-corrected chi connectivity index (χ2v) is 5.39. The first kappa shape index (κ1) is 15.5. The molecule has 2 heterocycles. The highest BCUT2D eigenvalue weighted by Crippen LogP contribution is 2.19. The van der Waals surface area contributed by atoms with E-state index < -0.39 is 0 Å². The van der Waals surface area contributed by atoms with Gasteiger partial charge in [-0.05, 0) is 12.8 Å². The number of esters is 1. The minimum atomic E-state index is -0.294. The van der Waals surface area contributed by atoms with E-state index in [1.807, 2.05) is 0 Å². The van der Waals surface area contributed by atoms with Crippen molar-refractivity contribution in [3.63, 3.8) is 0 Å². The topological polar surface area (TPSA) is 84.0 Å². The van der Waals surface area contributed by atoms with E-state index in [1.165, 1.54) is 7.11 Å². The SMILES string of the molecule is COC(=O)C1CCCN(C(=O)CCN2C(=O)CCC2=O)C1. The van der Waals surface area contributed by atoms with Gasteiger partial charge in [0.15, 0.2) is 0 Å². The Balaban J connectivity index is 1.84. The Morgan fingerprint density at radius 1 is 1.24 bits per heavy atom. The number of hydrogen-bond donors (Lipinski definition) is 0. The van der Waals surface area contributed by atoms with Crippen LogP contribution in [0.2, 0.25) is 0 Å². The van der Waals surface area contributed by atoms with E-state index in [9.17, 15) is 19.2 Å². The van der Waals surface area contributed by atoms with E-state index in [0.717, 1.165) is 17.7 Å². The number of piperidine rings is 1. The van der Waals surface area contributed by atoms with Gasteiger partial charge in [0.1, 0.15) is 0 Å². The fraction of sp³-hybridized carbons (Fsp3) is 0.714. The molecule has 0 aromatic heterocycles. The summed E-state index contributed by atoms with van der Waals surface area (Å²) >= 11 is 0. The Hall–Kier alpha value is -1.92. The van der Waals surface area contributed by atoms with Crippen LogP contribution in [0.3, 0.4) is 0 Å². The van der Waals surface area contributed by atoms with E-state index in [1.54, 1.807) is 4.90 Å². The van der Waals surface area contributed by atoms with Crippen LogP contribution in [-0.2, 0) is 23.9 Å². The molecule has 2 saturated heterocycles. The van der Waals surface area contributed by atoms with Crippen molar-refractivity contribution in [3.8, 4) is 0 Å². The van der Waals surface area contributed by atoms with Crippen molar-refractivity contribution in [2.75, 3.05) is 26.7 Å². The zero-order valence-corrected chi connectivity index (χ0v) is 12.2. The minimum absolute atomic E-state index is 0.116. The van der Waals surface area contributed by atoms with Crippen molar-refractivity contribution in [2.45, 2.75) is 32.1 Å². The van der Waals surface area contributed by atoms with Crippen LogP contribution in [0.5, 0.6) is 0 Å². The van der Waals surface area contributed by atoms with Crippen LogP contribution < -0.4 is 0 Å². The number of methoxy groups -OCH3 is 1. The molecular weight excluding hydrogens is 276 g/mol. The Bertz CT molecular complexity index is 446. The summed E-state index contributed by atoms with van der Waals surface area (Å²) in [6, 6.07) is 0. The molecule has 0 N–H and O–H groups in total. The molecule has 0 spiro atoms. The fourth-order valence-corrected chi connectivity index (χ4v) is 2.80. The van der Waals surface area contributed by atoms with Crippen LogP contribution in [0, 0.1) is 5.92 Å². The molecule has 2 rings (SSSR count). The number of rotatable bonds is 4. The van der Waals surface area contributed by atoms with Gasteiger partial charge in [-0.2, -0.15) is 0 Å². The van der Waals surface area contributed by atoms with Crippen molar-refractivity contribution in [3.05, 3.63) is 0 Å². The highest BCUT2D eigenvalue weighted by atomic mass is 16.5. The van der Waals surface area contributed by atoms with Crippen molar-refractivity contribution in [1.82, 2.24) is 9.80 Å². The van der Waals surface area contributed by atoms with Crippen molar-refractivity contribution in [1.29, 1.82) is 0 Å². The third kappa shape index (κ3) is 3.59. The van der Waals surface area contributed by atoms with E-state index in [-0.39, 0.29) is 55.4 Å². The summed E-state index contributed by atoms with van der Waals surface area (Å²) in [6.45, 7) is 1.09. The second-order valence-electron chi connectivity index (χ2n) is 5.39. The fourth-order valence-electron chi connectivity index (χ4n) is 2.80. The lowest BCUT2D eigenvalue weighted by Crippen LogP contribution is -2.44. The van der Waals surface area contributed by atoms with Crippen LogP contribution in [0.15, 0.2) is 0 Å². The maximum atomic E-state index is 12.1. The monoisotopic (exact) mass is 296 g/mol. The predicted octanol–water partition coefficient (Wildman–Crippen LogP) is -0.0629. The number of likely N-dealkylation sites (tertiary alicyclic amines) is 2. The van der Waals surface area contributed by atoms with Gasteiger partial charge in [-0.1, -0.05) is 0 Å². The molecule has 3 amide bonds. The Morgan fingerprint density at radius 2 is 1.90 bits per heavy atom.